The number of piperidine rings is 1. The maximum absolute atomic E-state index is 13.2. The number of ether oxygens (including phenoxy) is 3. The number of sulfonamides is 1. The summed E-state index contributed by atoms with van der Waals surface area (Å²) in [7, 11) is -0.629. The highest BCUT2D eigenvalue weighted by atomic mass is 32.2. The van der Waals surface area contributed by atoms with Crippen molar-refractivity contribution in [2.45, 2.75) is 51.0 Å². The number of hydrogen-bond acceptors (Lipinski definition) is 6. The van der Waals surface area contributed by atoms with Crippen LogP contribution in [0.1, 0.15) is 49.0 Å². The lowest BCUT2D eigenvalue weighted by Crippen LogP contribution is -2.35. The van der Waals surface area contributed by atoms with Gasteiger partial charge in [0.2, 0.25) is 10.0 Å². The number of nitrogens with one attached hydrogen (secondary N) is 1. The second kappa shape index (κ2) is 10.4. The molecule has 0 aliphatic carbocycles. The van der Waals surface area contributed by atoms with E-state index in [0.717, 1.165) is 24.8 Å². The summed E-state index contributed by atoms with van der Waals surface area (Å²) in [6.07, 6.45) is 2.55. The summed E-state index contributed by atoms with van der Waals surface area (Å²) < 4.78 is 44.4. The normalized spacial score (nSPS) is 14.7. The van der Waals surface area contributed by atoms with Crippen LogP contribution in [0.4, 0.5) is 5.69 Å². The van der Waals surface area contributed by atoms with Crippen LogP contribution in [0, 0.1) is 6.92 Å². The van der Waals surface area contributed by atoms with Gasteiger partial charge in [0.1, 0.15) is 17.2 Å². The zero-order valence-corrected chi connectivity index (χ0v) is 20.6. The summed E-state index contributed by atoms with van der Waals surface area (Å²) in [6, 6.07) is 7.80. The summed E-state index contributed by atoms with van der Waals surface area (Å²) in [5, 5.41) is 2.81. The van der Waals surface area contributed by atoms with Gasteiger partial charge in [-0.05, 0) is 63.9 Å². The first kappa shape index (κ1) is 24.9. The molecule has 2 aromatic rings. The predicted octanol–water partition coefficient (Wildman–Crippen LogP) is 4.23. The molecular formula is C24H32N2O6S. The van der Waals surface area contributed by atoms with E-state index >= 15 is 0 Å². The van der Waals surface area contributed by atoms with E-state index in [9.17, 15) is 13.2 Å². The van der Waals surface area contributed by atoms with Crippen molar-refractivity contribution in [3.63, 3.8) is 0 Å². The maximum Gasteiger partial charge on any atom is 0.256 e. The molecule has 9 heteroatoms. The number of carbonyl (C=O) groups is 1. The molecule has 1 fully saturated rings. The highest BCUT2D eigenvalue weighted by molar-refractivity contribution is 7.89. The van der Waals surface area contributed by atoms with Gasteiger partial charge in [-0.1, -0.05) is 6.42 Å². The maximum atomic E-state index is 13.2. The predicted molar refractivity (Wildman–Crippen MR) is 127 cm³/mol. The second-order valence-corrected chi connectivity index (χ2v) is 10.2. The fourth-order valence-corrected chi connectivity index (χ4v) is 5.33. The third-order valence-corrected chi connectivity index (χ3v) is 7.42. The van der Waals surface area contributed by atoms with E-state index in [0.29, 0.717) is 35.9 Å². The van der Waals surface area contributed by atoms with E-state index in [1.807, 2.05) is 20.8 Å². The van der Waals surface area contributed by atoms with Crippen LogP contribution in [0.5, 0.6) is 17.2 Å². The first-order valence-corrected chi connectivity index (χ1v) is 12.5. The van der Waals surface area contributed by atoms with Gasteiger partial charge in [0.15, 0.2) is 0 Å². The van der Waals surface area contributed by atoms with Crippen LogP contribution < -0.4 is 19.5 Å². The molecule has 1 heterocycles. The van der Waals surface area contributed by atoms with Crippen LogP contribution in [0.2, 0.25) is 0 Å². The molecule has 33 heavy (non-hydrogen) atoms. The Morgan fingerprint density at radius 2 is 1.58 bits per heavy atom. The first-order valence-electron chi connectivity index (χ1n) is 11.0. The Morgan fingerprint density at radius 3 is 2.12 bits per heavy atom. The average Bonchev–Trinajstić information content (AvgIpc) is 2.80. The van der Waals surface area contributed by atoms with Crippen LogP contribution >= 0.6 is 0 Å². The molecule has 0 bridgehead atoms. The molecule has 3 rings (SSSR count). The molecule has 1 aliphatic heterocycles. The molecule has 1 amide bonds. The summed E-state index contributed by atoms with van der Waals surface area (Å²) in [5.41, 5.74) is 1.37. The molecule has 2 aromatic carbocycles. The third-order valence-electron chi connectivity index (χ3n) is 5.53. The Morgan fingerprint density at radius 1 is 0.970 bits per heavy atom. The van der Waals surface area contributed by atoms with Crippen molar-refractivity contribution in [3.8, 4) is 17.2 Å². The van der Waals surface area contributed by atoms with Crippen molar-refractivity contribution >= 4 is 21.6 Å². The highest BCUT2D eigenvalue weighted by Gasteiger charge is 2.27. The van der Waals surface area contributed by atoms with Gasteiger partial charge >= 0.3 is 0 Å². The van der Waals surface area contributed by atoms with Gasteiger partial charge in [0, 0.05) is 24.2 Å². The summed E-state index contributed by atoms with van der Waals surface area (Å²) in [6.45, 7) is 6.55. The zero-order chi connectivity index (χ0) is 24.2. The van der Waals surface area contributed by atoms with Crippen LogP contribution in [0.3, 0.4) is 0 Å². The number of methoxy groups -OCH3 is 2. The summed E-state index contributed by atoms with van der Waals surface area (Å²) in [4.78, 5) is 13.2. The van der Waals surface area contributed by atoms with Crippen molar-refractivity contribution in [1.82, 2.24) is 4.31 Å². The third kappa shape index (κ3) is 5.59. The second-order valence-electron chi connectivity index (χ2n) is 8.25. The molecule has 0 atom stereocenters. The number of carbonyl (C=O) groups excluding carboxylic acids is 1. The molecule has 0 spiro atoms. The number of nitrogens with zero attached hydrogens (tertiary/aromatic N) is 1. The first-order chi connectivity index (χ1) is 15.7. The quantitative estimate of drug-likeness (QED) is 0.613. The molecule has 8 nitrogen and oxygen atoms in total. The van der Waals surface area contributed by atoms with Gasteiger partial charge in [0.25, 0.3) is 5.91 Å². The van der Waals surface area contributed by atoms with Crippen LogP contribution in [-0.2, 0) is 10.0 Å². The molecule has 1 N–H and O–H groups in total. The van der Waals surface area contributed by atoms with Gasteiger partial charge < -0.3 is 19.5 Å². The van der Waals surface area contributed by atoms with E-state index in [4.69, 9.17) is 14.2 Å². The summed E-state index contributed by atoms with van der Waals surface area (Å²) >= 11 is 0. The number of rotatable bonds is 8. The van der Waals surface area contributed by atoms with E-state index < -0.39 is 15.9 Å². The van der Waals surface area contributed by atoms with E-state index in [2.05, 4.69) is 5.32 Å². The number of anilines is 1. The lowest BCUT2D eigenvalue weighted by atomic mass is 10.1. The summed E-state index contributed by atoms with van der Waals surface area (Å²) in [5.74, 6) is 0.980. The van der Waals surface area contributed by atoms with Crippen LogP contribution in [-0.4, -0.2) is 52.0 Å². The lowest BCUT2D eigenvalue weighted by molar-refractivity contribution is 0.102. The molecule has 0 unspecified atom stereocenters. The van der Waals surface area contributed by atoms with Gasteiger partial charge in [-0.3, -0.25) is 4.79 Å². The Bertz CT molecular complexity index is 1080. The molecule has 180 valence electrons. The van der Waals surface area contributed by atoms with Crippen molar-refractivity contribution in [2.24, 2.45) is 0 Å². The van der Waals surface area contributed by atoms with E-state index in [-0.39, 0.29) is 16.7 Å². The SMILES string of the molecule is COc1cc(C(=O)Nc2cc(S(=O)(=O)N3CCCCC3)ccc2OC(C)C)cc(OC)c1C. The number of benzene rings is 2. The molecule has 1 saturated heterocycles. The van der Waals surface area contributed by atoms with Crippen LogP contribution in [0.25, 0.3) is 0 Å². The fourth-order valence-electron chi connectivity index (χ4n) is 3.79. The van der Waals surface area contributed by atoms with Crippen molar-refractivity contribution in [2.75, 3.05) is 32.6 Å². The van der Waals surface area contributed by atoms with Crippen molar-refractivity contribution in [1.29, 1.82) is 0 Å². The Hall–Kier alpha value is -2.78. The average molecular weight is 477 g/mol. The van der Waals surface area contributed by atoms with Gasteiger partial charge in [-0.25, -0.2) is 8.42 Å². The molecule has 0 aromatic heterocycles. The smallest absolute Gasteiger partial charge is 0.256 e. The topological polar surface area (TPSA) is 94.2 Å². The largest absolute Gasteiger partial charge is 0.496 e. The minimum Gasteiger partial charge on any atom is -0.496 e. The van der Waals surface area contributed by atoms with Gasteiger partial charge in [0.05, 0.1) is 30.9 Å². The Labute approximate surface area is 195 Å². The zero-order valence-electron chi connectivity index (χ0n) is 19.8. The Kier molecular flexibility index (Phi) is 7.86. The van der Waals surface area contributed by atoms with Crippen molar-refractivity contribution < 1.29 is 27.4 Å². The minimum absolute atomic E-state index is 0.120. The Balaban J connectivity index is 1.98. The molecule has 0 saturated carbocycles. The van der Waals surface area contributed by atoms with E-state index in [1.54, 1.807) is 18.2 Å². The van der Waals surface area contributed by atoms with E-state index in [1.165, 1.54) is 30.7 Å². The molecular weight excluding hydrogens is 444 g/mol. The van der Waals surface area contributed by atoms with Gasteiger partial charge in [-0.2, -0.15) is 4.31 Å². The van der Waals surface area contributed by atoms with Crippen LogP contribution in [0.15, 0.2) is 35.2 Å². The lowest BCUT2D eigenvalue weighted by Gasteiger charge is -2.26. The molecule has 0 radical (unpaired) electrons. The molecule has 1 aliphatic rings. The minimum atomic E-state index is -3.67. The highest BCUT2D eigenvalue weighted by Crippen LogP contribution is 2.33. The van der Waals surface area contributed by atoms with Gasteiger partial charge in [-0.15, -0.1) is 0 Å². The number of amides is 1. The fraction of sp³-hybridized carbons (Fsp3) is 0.458. The monoisotopic (exact) mass is 476 g/mol. The standard InChI is InChI=1S/C24H32N2O6S/c1-16(2)32-21-10-9-19(33(28,29)26-11-7-6-8-12-26)15-20(21)25-24(27)18-13-22(30-4)17(3)23(14-18)31-5/h9-10,13-16H,6-8,11-12H2,1-5H3,(H,25,27). The van der Waals surface area contributed by atoms with Crippen molar-refractivity contribution in [3.05, 3.63) is 41.5 Å². The number of hydrogen-bond donors (Lipinski definition) is 1.